The largest absolute Gasteiger partial charge is 0.383 e. The van der Waals surface area contributed by atoms with Crippen molar-refractivity contribution in [3.63, 3.8) is 0 Å². The van der Waals surface area contributed by atoms with Crippen LogP contribution in [0.15, 0.2) is 30.5 Å². The summed E-state index contributed by atoms with van der Waals surface area (Å²) in [6.07, 6.45) is 2.00. The number of hydrogen-bond donors (Lipinski definition) is 2. The van der Waals surface area contributed by atoms with Gasteiger partial charge in [0.25, 0.3) is 0 Å². The number of hydrogen-bond acceptors (Lipinski definition) is 4. The van der Waals surface area contributed by atoms with E-state index in [1.165, 1.54) is 16.9 Å². The smallest absolute Gasteiger partial charge is 0.180 e. The number of aliphatic hydroxyl groups is 1. The van der Waals surface area contributed by atoms with Crippen molar-refractivity contribution in [3.05, 3.63) is 46.5 Å². The van der Waals surface area contributed by atoms with Gasteiger partial charge in [-0.3, -0.25) is 0 Å². The molecular weight excluding hydrogens is 220 g/mol. The summed E-state index contributed by atoms with van der Waals surface area (Å²) in [7, 11) is 0. The molecule has 84 valence electrons. The number of aliphatic hydroxyl groups excluding tert-OH is 1. The van der Waals surface area contributed by atoms with E-state index < -0.39 is 6.10 Å². The minimum absolute atomic E-state index is 0.485. The van der Waals surface area contributed by atoms with E-state index in [2.05, 4.69) is 11.9 Å². The summed E-state index contributed by atoms with van der Waals surface area (Å²) in [5.74, 6) is 0. The predicted molar refractivity (Wildman–Crippen MR) is 66.4 cm³/mol. The second-order valence-electron chi connectivity index (χ2n) is 3.60. The lowest BCUT2D eigenvalue weighted by Gasteiger charge is -2.08. The molecule has 1 heterocycles. The molecule has 0 aliphatic rings. The summed E-state index contributed by atoms with van der Waals surface area (Å²) in [6.45, 7) is 2.11. The monoisotopic (exact) mass is 234 g/mol. The Morgan fingerprint density at radius 2 is 2.06 bits per heavy atom. The highest BCUT2D eigenvalue weighted by molar-refractivity contribution is 7.15. The molecule has 3 nitrogen and oxygen atoms in total. The molecule has 1 atom stereocenters. The Balaban J connectivity index is 2.23. The van der Waals surface area contributed by atoms with Crippen molar-refractivity contribution in [2.24, 2.45) is 0 Å². The van der Waals surface area contributed by atoms with Crippen LogP contribution in [0.2, 0.25) is 0 Å². The quantitative estimate of drug-likeness (QED) is 0.857. The Bertz CT molecular complexity index is 464. The third-order valence-electron chi connectivity index (χ3n) is 2.51. The second kappa shape index (κ2) is 4.63. The van der Waals surface area contributed by atoms with Crippen molar-refractivity contribution in [1.29, 1.82) is 0 Å². The number of anilines is 1. The zero-order chi connectivity index (χ0) is 11.5. The summed E-state index contributed by atoms with van der Waals surface area (Å²) in [4.78, 5) is 4.71. The number of benzene rings is 1. The Kier molecular flexibility index (Phi) is 3.22. The number of rotatable bonds is 3. The molecule has 0 amide bonds. The van der Waals surface area contributed by atoms with Crippen molar-refractivity contribution in [1.82, 2.24) is 4.98 Å². The molecule has 0 aliphatic heterocycles. The first kappa shape index (κ1) is 11.1. The van der Waals surface area contributed by atoms with Gasteiger partial charge >= 0.3 is 0 Å². The highest BCUT2D eigenvalue weighted by Gasteiger charge is 2.12. The first-order valence-electron chi connectivity index (χ1n) is 5.18. The van der Waals surface area contributed by atoms with Crippen LogP contribution in [0.25, 0.3) is 0 Å². The Labute approximate surface area is 98.6 Å². The molecule has 2 aromatic rings. The van der Waals surface area contributed by atoms with E-state index in [1.54, 1.807) is 6.20 Å². The van der Waals surface area contributed by atoms with Crippen LogP contribution in [0.4, 0.5) is 5.13 Å². The number of thiazole rings is 1. The zero-order valence-corrected chi connectivity index (χ0v) is 9.87. The van der Waals surface area contributed by atoms with Gasteiger partial charge < -0.3 is 10.8 Å². The lowest BCUT2D eigenvalue weighted by Crippen LogP contribution is -1.97. The fourth-order valence-corrected chi connectivity index (χ4v) is 2.23. The molecule has 3 N–H and O–H groups in total. The third-order valence-corrected chi connectivity index (χ3v) is 3.39. The third kappa shape index (κ3) is 2.23. The Morgan fingerprint density at radius 3 is 2.56 bits per heavy atom. The number of nitrogen functional groups attached to an aromatic ring is 1. The molecule has 0 fully saturated rings. The Morgan fingerprint density at radius 1 is 1.38 bits per heavy atom. The summed E-state index contributed by atoms with van der Waals surface area (Å²) in [5.41, 5.74) is 7.68. The number of aryl methyl sites for hydroxylation is 1. The summed E-state index contributed by atoms with van der Waals surface area (Å²) >= 11 is 1.32. The average Bonchev–Trinajstić information content (AvgIpc) is 2.75. The number of aromatic nitrogens is 1. The predicted octanol–water partition coefficient (Wildman–Crippen LogP) is 2.37. The summed E-state index contributed by atoms with van der Waals surface area (Å²) in [5, 5.41) is 10.6. The summed E-state index contributed by atoms with van der Waals surface area (Å²) < 4.78 is 0. The standard InChI is InChI=1S/C12H14N2OS/c1-2-8-3-5-9(6-4-8)11(15)10-7-14-12(13)16-10/h3-7,11,15H,2H2,1H3,(H2,13,14). The first-order chi connectivity index (χ1) is 7.70. The van der Waals surface area contributed by atoms with Gasteiger partial charge in [0.1, 0.15) is 6.10 Å². The van der Waals surface area contributed by atoms with E-state index in [-0.39, 0.29) is 0 Å². The average molecular weight is 234 g/mol. The van der Waals surface area contributed by atoms with E-state index in [0.29, 0.717) is 5.13 Å². The van der Waals surface area contributed by atoms with Crippen LogP contribution in [-0.2, 0) is 6.42 Å². The molecule has 1 aromatic carbocycles. The minimum atomic E-state index is -0.624. The van der Waals surface area contributed by atoms with Gasteiger partial charge in [0, 0.05) is 6.20 Å². The van der Waals surface area contributed by atoms with E-state index >= 15 is 0 Å². The van der Waals surface area contributed by atoms with Gasteiger partial charge in [-0.15, -0.1) is 0 Å². The number of nitrogens with zero attached hydrogens (tertiary/aromatic N) is 1. The maximum atomic E-state index is 10.1. The van der Waals surface area contributed by atoms with Gasteiger partial charge in [-0.05, 0) is 17.5 Å². The van der Waals surface area contributed by atoms with Gasteiger partial charge in [-0.2, -0.15) is 0 Å². The van der Waals surface area contributed by atoms with Gasteiger partial charge in [0.15, 0.2) is 5.13 Å². The van der Waals surface area contributed by atoms with E-state index in [1.807, 2.05) is 24.3 Å². The Hall–Kier alpha value is -1.39. The van der Waals surface area contributed by atoms with Crippen molar-refractivity contribution < 1.29 is 5.11 Å². The molecule has 0 bridgehead atoms. The van der Waals surface area contributed by atoms with Crippen molar-refractivity contribution >= 4 is 16.5 Å². The molecule has 0 saturated carbocycles. The van der Waals surface area contributed by atoms with Gasteiger partial charge in [0.2, 0.25) is 0 Å². The second-order valence-corrected chi connectivity index (χ2v) is 4.69. The molecule has 0 spiro atoms. The van der Waals surface area contributed by atoms with Crippen LogP contribution in [-0.4, -0.2) is 10.1 Å². The van der Waals surface area contributed by atoms with Crippen LogP contribution < -0.4 is 5.73 Å². The van der Waals surface area contributed by atoms with Crippen LogP contribution in [0.1, 0.15) is 29.0 Å². The van der Waals surface area contributed by atoms with Gasteiger partial charge in [-0.25, -0.2) is 4.98 Å². The first-order valence-corrected chi connectivity index (χ1v) is 6.00. The van der Waals surface area contributed by atoms with Crippen LogP contribution in [0.5, 0.6) is 0 Å². The maximum Gasteiger partial charge on any atom is 0.180 e. The highest BCUT2D eigenvalue weighted by atomic mass is 32.1. The molecule has 4 heteroatoms. The van der Waals surface area contributed by atoms with Gasteiger partial charge in [-0.1, -0.05) is 42.5 Å². The molecular formula is C12H14N2OS. The molecule has 2 rings (SSSR count). The molecule has 0 aliphatic carbocycles. The maximum absolute atomic E-state index is 10.1. The fraction of sp³-hybridized carbons (Fsp3) is 0.250. The van der Waals surface area contributed by atoms with Crippen LogP contribution in [0, 0.1) is 0 Å². The lowest BCUT2D eigenvalue weighted by molar-refractivity contribution is 0.224. The van der Waals surface area contributed by atoms with Crippen LogP contribution >= 0.6 is 11.3 Å². The fourth-order valence-electron chi connectivity index (χ4n) is 1.53. The number of nitrogens with two attached hydrogens (primary N) is 1. The normalized spacial score (nSPS) is 12.6. The molecule has 0 radical (unpaired) electrons. The van der Waals surface area contributed by atoms with Crippen molar-refractivity contribution in [2.75, 3.05) is 5.73 Å². The van der Waals surface area contributed by atoms with Crippen molar-refractivity contribution in [3.8, 4) is 0 Å². The minimum Gasteiger partial charge on any atom is -0.383 e. The SMILES string of the molecule is CCc1ccc(C(O)c2cnc(N)s2)cc1. The topological polar surface area (TPSA) is 59.1 Å². The molecule has 1 aromatic heterocycles. The van der Waals surface area contributed by atoms with Crippen LogP contribution in [0.3, 0.4) is 0 Å². The van der Waals surface area contributed by atoms with E-state index in [4.69, 9.17) is 5.73 Å². The zero-order valence-electron chi connectivity index (χ0n) is 9.05. The molecule has 0 saturated heterocycles. The van der Waals surface area contributed by atoms with E-state index in [0.717, 1.165) is 16.9 Å². The highest BCUT2D eigenvalue weighted by Crippen LogP contribution is 2.27. The van der Waals surface area contributed by atoms with E-state index in [9.17, 15) is 5.11 Å². The molecule has 1 unspecified atom stereocenters. The lowest BCUT2D eigenvalue weighted by atomic mass is 10.1. The van der Waals surface area contributed by atoms with Crippen molar-refractivity contribution in [2.45, 2.75) is 19.4 Å². The summed E-state index contributed by atoms with van der Waals surface area (Å²) in [6, 6.07) is 7.95. The molecule has 16 heavy (non-hydrogen) atoms. The van der Waals surface area contributed by atoms with Gasteiger partial charge in [0.05, 0.1) is 4.88 Å².